The number of aliphatic hydroxyl groups is 1. The maximum absolute atomic E-state index is 13.1. The lowest BCUT2D eigenvalue weighted by atomic mass is 10.1. The molecule has 40 heavy (non-hydrogen) atoms. The lowest BCUT2D eigenvalue weighted by Gasteiger charge is -2.37. The number of nitrogens with one attached hydrogen (secondary N) is 1. The van der Waals surface area contributed by atoms with Crippen LogP contribution in [0.3, 0.4) is 0 Å². The van der Waals surface area contributed by atoms with Crippen LogP contribution in [0, 0.1) is 13.8 Å². The van der Waals surface area contributed by atoms with Crippen LogP contribution in [0.15, 0.2) is 42.5 Å². The van der Waals surface area contributed by atoms with Crippen LogP contribution in [0.25, 0.3) is 5.69 Å². The maximum atomic E-state index is 13.1. The van der Waals surface area contributed by atoms with Crippen LogP contribution < -0.4 is 15.0 Å². The number of imidazole rings is 1. The van der Waals surface area contributed by atoms with Crippen molar-refractivity contribution < 1.29 is 14.6 Å². The third-order valence-corrected chi connectivity index (χ3v) is 7.53. The summed E-state index contributed by atoms with van der Waals surface area (Å²) in [4.78, 5) is 22.3. The molecule has 1 aromatic heterocycles. The zero-order valence-electron chi connectivity index (χ0n) is 23.5. The Morgan fingerprint density at radius 3 is 2.40 bits per heavy atom. The smallest absolute Gasteiger partial charge is 0.271 e. The summed E-state index contributed by atoms with van der Waals surface area (Å²) in [6.45, 7) is 10.1. The molecule has 1 aliphatic heterocycles. The Morgan fingerprint density at radius 2 is 1.77 bits per heavy atom. The van der Waals surface area contributed by atoms with Crippen molar-refractivity contribution in [3.63, 3.8) is 0 Å². The second kappa shape index (κ2) is 15.5. The lowest BCUT2D eigenvalue weighted by Crippen LogP contribution is -2.50. The fourth-order valence-electron chi connectivity index (χ4n) is 5.01. The van der Waals surface area contributed by atoms with E-state index in [1.807, 2.05) is 54.8 Å². The number of rotatable bonds is 10. The molecule has 0 saturated carbocycles. The van der Waals surface area contributed by atoms with Gasteiger partial charge in [0.2, 0.25) is 0 Å². The fourth-order valence-corrected chi connectivity index (χ4v) is 5.18. The standard InChI is InChI=1S/C29H38ClN5O3.2ClH/c1-5-7-27-32-28(21(3)35(27)22-10-12-24(38-4)13-11-22)29(37)31-18-23(36)19-33-14-16-34(17-15-33)26-9-6-8-25(30)20(26)2;;/h6,8-13,23,36H,5,7,14-19H2,1-4H3,(H,31,37);2*1H. The van der Waals surface area contributed by atoms with E-state index < -0.39 is 6.10 Å². The summed E-state index contributed by atoms with van der Waals surface area (Å²) in [6.07, 6.45) is 0.998. The van der Waals surface area contributed by atoms with Crippen LogP contribution in [-0.4, -0.2) is 77.9 Å². The van der Waals surface area contributed by atoms with Gasteiger partial charge in [0, 0.05) is 62.1 Å². The number of β-amino-alcohol motifs (C(OH)–C–C–N with tert-alkyl or cyclic N) is 1. The van der Waals surface area contributed by atoms with Gasteiger partial charge in [0.15, 0.2) is 0 Å². The van der Waals surface area contributed by atoms with Gasteiger partial charge in [-0.2, -0.15) is 0 Å². The number of ether oxygens (including phenoxy) is 1. The Morgan fingerprint density at radius 1 is 1.10 bits per heavy atom. The number of hydrogen-bond acceptors (Lipinski definition) is 6. The highest BCUT2D eigenvalue weighted by Gasteiger charge is 2.23. The molecule has 1 saturated heterocycles. The van der Waals surface area contributed by atoms with Gasteiger partial charge >= 0.3 is 0 Å². The van der Waals surface area contributed by atoms with E-state index in [1.54, 1.807) is 7.11 Å². The number of amides is 1. The van der Waals surface area contributed by atoms with Gasteiger partial charge in [-0.25, -0.2) is 4.98 Å². The maximum Gasteiger partial charge on any atom is 0.271 e. The molecule has 0 radical (unpaired) electrons. The Labute approximate surface area is 254 Å². The van der Waals surface area contributed by atoms with E-state index in [0.29, 0.717) is 12.2 Å². The molecule has 8 nitrogen and oxygen atoms in total. The molecule has 2 heterocycles. The molecule has 2 N–H and O–H groups in total. The van der Waals surface area contributed by atoms with E-state index >= 15 is 0 Å². The zero-order chi connectivity index (χ0) is 27.2. The largest absolute Gasteiger partial charge is 0.497 e. The van der Waals surface area contributed by atoms with E-state index in [-0.39, 0.29) is 37.3 Å². The molecule has 1 amide bonds. The number of hydrogen-bond donors (Lipinski definition) is 2. The third kappa shape index (κ3) is 7.83. The van der Waals surface area contributed by atoms with Crippen molar-refractivity contribution in [1.29, 1.82) is 0 Å². The van der Waals surface area contributed by atoms with Crippen molar-refractivity contribution in [3.8, 4) is 11.4 Å². The molecule has 1 fully saturated rings. The highest BCUT2D eigenvalue weighted by molar-refractivity contribution is 6.31. The molecule has 1 aliphatic rings. The summed E-state index contributed by atoms with van der Waals surface area (Å²) in [5.74, 6) is 1.34. The van der Waals surface area contributed by atoms with E-state index in [9.17, 15) is 9.90 Å². The Balaban J connectivity index is 0.00000280. The van der Waals surface area contributed by atoms with Gasteiger partial charge in [-0.05, 0) is 62.2 Å². The summed E-state index contributed by atoms with van der Waals surface area (Å²) < 4.78 is 7.30. The van der Waals surface area contributed by atoms with Crippen molar-refractivity contribution in [3.05, 3.63) is 70.3 Å². The number of aromatic nitrogens is 2. The quantitative estimate of drug-likeness (QED) is 0.340. The Bertz CT molecular complexity index is 1240. The first kappa shape index (κ1) is 33.7. The van der Waals surface area contributed by atoms with Gasteiger partial charge in [0.1, 0.15) is 17.3 Å². The van der Waals surface area contributed by atoms with Crippen molar-refractivity contribution in [2.45, 2.75) is 39.7 Å². The van der Waals surface area contributed by atoms with E-state index in [1.165, 1.54) is 0 Å². The Hall–Kier alpha value is -2.49. The van der Waals surface area contributed by atoms with Crippen molar-refractivity contribution in [1.82, 2.24) is 19.8 Å². The molecule has 4 rings (SSSR count). The molecule has 0 bridgehead atoms. The zero-order valence-corrected chi connectivity index (χ0v) is 25.9. The number of carbonyl (C=O) groups excluding carboxylic acids is 1. The number of piperazine rings is 1. The highest BCUT2D eigenvalue weighted by atomic mass is 35.5. The molecule has 0 spiro atoms. The van der Waals surface area contributed by atoms with Crippen LogP contribution in [-0.2, 0) is 6.42 Å². The summed E-state index contributed by atoms with van der Waals surface area (Å²) in [5.41, 5.74) is 4.36. The predicted octanol–water partition coefficient (Wildman–Crippen LogP) is 4.86. The van der Waals surface area contributed by atoms with Crippen LogP contribution >= 0.6 is 36.4 Å². The van der Waals surface area contributed by atoms with Gasteiger partial charge in [-0.1, -0.05) is 24.6 Å². The number of aryl methyl sites for hydroxylation is 1. The van der Waals surface area contributed by atoms with Gasteiger partial charge in [0.25, 0.3) is 5.91 Å². The molecule has 1 unspecified atom stereocenters. The first-order chi connectivity index (χ1) is 18.3. The van der Waals surface area contributed by atoms with Crippen LogP contribution in [0.4, 0.5) is 5.69 Å². The van der Waals surface area contributed by atoms with E-state index in [2.05, 4.69) is 33.1 Å². The number of halogens is 3. The van der Waals surface area contributed by atoms with Gasteiger partial charge in [-0.3, -0.25) is 9.69 Å². The lowest BCUT2D eigenvalue weighted by molar-refractivity contribution is 0.0847. The van der Waals surface area contributed by atoms with E-state index in [4.69, 9.17) is 16.3 Å². The number of carbonyl (C=O) groups is 1. The highest BCUT2D eigenvalue weighted by Crippen LogP contribution is 2.27. The molecular weight excluding hydrogens is 573 g/mol. The Kier molecular flexibility index (Phi) is 13.1. The van der Waals surface area contributed by atoms with Gasteiger partial charge < -0.3 is 24.6 Å². The molecule has 2 aromatic carbocycles. The minimum atomic E-state index is -0.669. The molecule has 1 atom stereocenters. The topological polar surface area (TPSA) is 82.9 Å². The number of methoxy groups -OCH3 is 1. The molecule has 3 aromatic rings. The minimum absolute atomic E-state index is 0. The number of aliphatic hydroxyl groups excluding tert-OH is 1. The number of anilines is 1. The van der Waals surface area contributed by atoms with Crippen molar-refractivity contribution in [2.75, 3.05) is 51.3 Å². The average Bonchev–Trinajstić information content (AvgIpc) is 3.25. The summed E-state index contributed by atoms with van der Waals surface area (Å²) in [7, 11) is 1.64. The average molecular weight is 613 g/mol. The van der Waals surface area contributed by atoms with Crippen molar-refractivity contribution >= 4 is 48.0 Å². The third-order valence-electron chi connectivity index (χ3n) is 7.12. The molecular formula is C29H40Cl3N5O3. The van der Waals surface area contributed by atoms with Crippen LogP contribution in [0.2, 0.25) is 5.02 Å². The normalized spacial score (nSPS) is 14.2. The first-order valence-electron chi connectivity index (χ1n) is 13.2. The SMILES string of the molecule is CCCc1nc(C(=O)NCC(O)CN2CCN(c3cccc(Cl)c3C)CC2)c(C)n1-c1ccc(OC)cc1.Cl.Cl. The number of nitrogens with zero attached hydrogens (tertiary/aromatic N) is 4. The molecule has 220 valence electrons. The van der Waals surface area contributed by atoms with Gasteiger partial charge in [-0.15, -0.1) is 24.8 Å². The summed E-state index contributed by atoms with van der Waals surface area (Å²) in [5, 5.41) is 14.3. The number of benzene rings is 2. The second-order valence-electron chi connectivity index (χ2n) is 9.78. The monoisotopic (exact) mass is 611 g/mol. The summed E-state index contributed by atoms with van der Waals surface area (Å²) in [6, 6.07) is 13.7. The van der Waals surface area contributed by atoms with Gasteiger partial charge in [0.05, 0.1) is 18.9 Å². The summed E-state index contributed by atoms with van der Waals surface area (Å²) >= 11 is 6.30. The van der Waals surface area contributed by atoms with Crippen LogP contribution in [0.1, 0.15) is 40.9 Å². The second-order valence-corrected chi connectivity index (χ2v) is 10.2. The van der Waals surface area contributed by atoms with Crippen LogP contribution in [0.5, 0.6) is 5.75 Å². The fraction of sp³-hybridized carbons (Fsp3) is 0.448. The van der Waals surface area contributed by atoms with Crippen molar-refractivity contribution in [2.24, 2.45) is 0 Å². The molecule has 11 heteroatoms. The van der Waals surface area contributed by atoms with E-state index in [0.717, 1.165) is 78.2 Å². The first-order valence-corrected chi connectivity index (χ1v) is 13.6. The predicted molar refractivity (Wildman–Crippen MR) is 167 cm³/mol. The minimum Gasteiger partial charge on any atom is -0.497 e. The molecule has 0 aliphatic carbocycles.